The second-order valence-corrected chi connectivity index (χ2v) is 8.08. The van der Waals surface area contributed by atoms with Crippen LogP contribution >= 0.6 is 22.9 Å². The van der Waals surface area contributed by atoms with Gasteiger partial charge in [0.2, 0.25) is 5.91 Å². The Labute approximate surface area is 179 Å². The van der Waals surface area contributed by atoms with Gasteiger partial charge in [0.25, 0.3) is 5.91 Å². The number of thiophene rings is 1. The van der Waals surface area contributed by atoms with E-state index in [0.717, 1.165) is 16.2 Å². The Bertz CT molecular complexity index is 868. The molecule has 1 aromatic carbocycles. The van der Waals surface area contributed by atoms with Gasteiger partial charge in [-0.15, -0.1) is 11.3 Å². The van der Waals surface area contributed by atoms with Crippen LogP contribution in [0.15, 0.2) is 46.9 Å². The molecule has 8 heteroatoms. The van der Waals surface area contributed by atoms with Gasteiger partial charge in [0.15, 0.2) is 0 Å². The number of benzene rings is 1. The van der Waals surface area contributed by atoms with Crippen molar-refractivity contribution in [3.63, 3.8) is 0 Å². The average molecular weight is 434 g/mol. The maximum absolute atomic E-state index is 13.2. The predicted octanol–water partition coefficient (Wildman–Crippen LogP) is 3.96. The van der Waals surface area contributed by atoms with Gasteiger partial charge in [0, 0.05) is 31.5 Å². The van der Waals surface area contributed by atoms with Crippen molar-refractivity contribution in [2.45, 2.75) is 25.8 Å². The van der Waals surface area contributed by atoms with Crippen LogP contribution in [0, 0.1) is 0 Å². The summed E-state index contributed by atoms with van der Waals surface area (Å²) in [7, 11) is 1.57. The van der Waals surface area contributed by atoms with E-state index in [2.05, 4.69) is 5.10 Å². The molecule has 29 heavy (non-hydrogen) atoms. The van der Waals surface area contributed by atoms with Crippen molar-refractivity contribution in [1.82, 2.24) is 9.91 Å². The zero-order chi connectivity index (χ0) is 20.8. The number of halogens is 1. The molecule has 0 radical (unpaired) electrons. The maximum Gasteiger partial charge on any atom is 0.262 e. The fourth-order valence-corrected chi connectivity index (χ4v) is 4.08. The molecule has 0 spiro atoms. The number of hydrogen-bond donors (Lipinski definition) is 0. The summed E-state index contributed by atoms with van der Waals surface area (Å²) >= 11 is 7.63. The monoisotopic (exact) mass is 433 g/mol. The fourth-order valence-electron chi connectivity index (χ4n) is 3.23. The molecule has 0 bridgehead atoms. The van der Waals surface area contributed by atoms with Gasteiger partial charge in [-0.1, -0.05) is 36.7 Å². The first kappa shape index (κ1) is 21.5. The minimum absolute atomic E-state index is 0.0264. The summed E-state index contributed by atoms with van der Waals surface area (Å²) in [6.07, 6.45) is 0.953. The van der Waals surface area contributed by atoms with Crippen molar-refractivity contribution in [2.75, 3.05) is 26.8 Å². The van der Waals surface area contributed by atoms with Gasteiger partial charge in [-0.05, 0) is 29.1 Å². The van der Waals surface area contributed by atoms with Gasteiger partial charge in [-0.3, -0.25) is 9.59 Å². The standard InChI is InChI=1S/C21H24ClN3O3S/c1-3-20(26)24(10-11-28-2)14-21(27)25-18(15-6-8-16(22)9-7-15)13-17(23-25)19-5-4-12-29-19/h4-9,12,18H,3,10-11,13-14H2,1-2H3/t18-/m1/s1. The van der Waals surface area contributed by atoms with Crippen molar-refractivity contribution in [2.24, 2.45) is 5.10 Å². The van der Waals surface area contributed by atoms with E-state index in [0.29, 0.717) is 31.0 Å². The number of carbonyl (C=O) groups is 2. The average Bonchev–Trinajstić information content (AvgIpc) is 3.40. The lowest BCUT2D eigenvalue weighted by atomic mass is 10.0. The second-order valence-electron chi connectivity index (χ2n) is 6.70. The van der Waals surface area contributed by atoms with Crippen molar-refractivity contribution in [3.8, 4) is 0 Å². The minimum Gasteiger partial charge on any atom is -0.383 e. The van der Waals surface area contributed by atoms with E-state index < -0.39 is 0 Å². The van der Waals surface area contributed by atoms with Gasteiger partial charge in [-0.25, -0.2) is 5.01 Å². The lowest BCUT2D eigenvalue weighted by Crippen LogP contribution is -2.42. The van der Waals surface area contributed by atoms with Crippen LogP contribution in [0.5, 0.6) is 0 Å². The molecule has 0 aliphatic carbocycles. The molecule has 2 amide bonds. The molecule has 0 unspecified atom stereocenters. The van der Waals surface area contributed by atoms with Gasteiger partial charge in [-0.2, -0.15) is 5.10 Å². The molecule has 0 saturated heterocycles. The summed E-state index contributed by atoms with van der Waals surface area (Å²) in [6.45, 7) is 2.51. The molecule has 2 aromatic rings. The highest BCUT2D eigenvalue weighted by Gasteiger charge is 2.34. The van der Waals surface area contributed by atoms with E-state index in [-0.39, 0.29) is 24.4 Å². The van der Waals surface area contributed by atoms with Crippen LogP contribution in [0.4, 0.5) is 0 Å². The number of amides is 2. The Morgan fingerprint density at radius 1 is 1.31 bits per heavy atom. The Hall–Kier alpha value is -2.22. The molecule has 154 valence electrons. The first-order valence-electron chi connectivity index (χ1n) is 9.49. The maximum atomic E-state index is 13.2. The molecule has 2 heterocycles. The highest BCUT2D eigenvalue weighted by atomic mass is 35.5. The third-order valence-corrected chi connectivity index (χ3v) is 5.94. The molecule has 1 aliphatic heterocycles. The van der Waals surface area contributed by atoms with E-state index in [1.807, 2.05) is 41.8 Å². The zero-order valence-electron chi connectivity index (χ0n) is 16.5. The number of methoxy groups -OCH3 is 1. The van der Waals surface area contributed by atoms with Gasteiger partial charge < -0.3 is 9.64 Å². The summed E-state index contributed by atoms with van der Waals surface area (Å²) in [5.74, 6) is -0.297. The molecule has 1 aliphatic rings. The van der Waals surface area contributed by atoms with Crippen molar-refractivity contribution in [3.05, 3.63) is 57.2 Å². The van der Waals surface area contributed by atoms with E-state index in [9.17, 15) is 9.59 Å². The smallest absolute Gasteiger partial charge is 0.262 e. The fraction of sp³-hybridized carbons (Fsp3) is 0.381. The number of carbonyl (C=O) groups excluding carboxylic acids is 2. The summed E-state index contributed by atoms with van der Waals surface area (Å²) in [5.41, 5.74) is 1.84. The Morgan fingerprint density at radius 3 is 2.69 bits per heavy atom. The van der Waals surface area contributed by atoms with E-state index in [1.54, 1.807) is 25.4 Å². The molecule has 1 aromatic heterocycles. The Morgan fingerprint density at radius 2 is 2.07 bits per heavy atom. The number of hydrazone groups is 1. The number of ether oxygens (including phenoxy) is 1. The summed E-state index contributed by atoms with van der Waals surface area (Å²) in [4.78, 5) is 28.0. The third-order valence-electron chi connectivity index (χ3n) is 4.77. The normalized spacial score (nSPS) is 16.0. The summed E-state index contributed by atoms with van der Waals surface area (Å²) in [6, 6.07) is 11.2. The van der Waals surface area contributed by atoms with Crippen LogP contribution in [-0.2, 0) is 14.3 Å². The van der Waals surface area contributed by atoms with Crippen molar-refractivity contribution >= 4 is 40.5 Å². The predicted molar refractivity (Wildman–Crippen MR) is 115 cm³/mol. The first-order valence-corrected chi connectivity index (χ1v) is 10.7. The van der Waals surface area contributed by atoms with Crippen LogP contribution in [0.1, 0.15) is 36.2 Å². The molecule has 0 N–H and O–H groups in total. The van der Waals surface area contributed by atoms with Gasteiger partial charge >= 0.3 is 0 Å². The topological polar surface area (TPSA) is 62.2 Å². The Kier molecular flexibility index (Phi) is 7.41. The van der Waals surface area contributed by atoms with Crippen molar-refractivity contribution < 1.29 is 14.3 Å². The highest BCUT2D eigenvalue weighted by molar-refractivity contribution is 7.12. The molecule has 6 nitrogen and oxygen atoms in total. The number of rotatable bonds is 8. The van der Waals surface area contributed by atoms with E-state index in [4.69, 9.17) is 16.3 Å². The highest BCUT2D eigenvalue weighted by Crippen LogP contribution is 2.34. The quantitative estimate of drug-likeness (QED) is 0.632. The van der Waals surface area contributed by atoms with Crippen LogP contribution in [0.25, 0.3) is 0 Å². The molecule has 0 fully saturated rings. The van der Waals surface area contributed by atoms with Gasteiger partial charge in [0.1, 0.15) is 6.54 Å². The second kappa shape index (κ2) is 10.0. The molecular weight excluding hydrogens is 410 g/mol. The van der Waals surface area contributed by atoms with E-state index in [1.165, 1.54) is 9.91 Å². The van der Waals surface area contributed by atoms with Crippen LogP contribution in [0.2, 0.25) is 5.02 Å². The zero-order valence-corrected chi connectivity index (χ0v) is 18.1. The van der Waals surface area contributed by atoms with Gasteiger partial charge in [0.05, 0.1) is 23.2 Å². The largest absolute Gasteiger partial charge is 0.383 e. The van der Waals surface area contributed by atoms with Crippen molar-refractivity contribution in [1.29, 1.82) is 0 Å². The number of hydrogen-bond acceptors (Lipinski definition) is 5. The lowest BCUT2D eigenvalue weighted by Gasteiger charge is -2.26. The summed E-state index contributed by atoms with van der Waals surface area (Å²) in [5, 5.41) is 8.79. The lowest BCUT2D eigenvalue weighted by molar-refractivity contribution is -0.141. The van der Waals surface area contributed by atoms with Crippen LogP contribution < -0.4 is 0 Å². The number of nitrogens with zero attached hydrogens (tertiary/aromatic N) is 3. The third kappa shape index (κ3) is 5.23. The minimum atomic E-state index is -0.224. The molecule has 3 rings (SSSR count). The SMILES string of the molecule is CCC(=O)N(CCOC)CC(=O)N1N=C(c2cccs2)C[C@@H]1c1ccc(Cl)cc1. The van der Waals surface area contributed by atoms with E-state index >= 15 is 0 Å². The van der Waals surface area contributed by atoms with Crippen LogP contribution in [0.3, 0.4) is 0 Å². The first-order chi connectivity index (χ1) is 14.0. The molecule has 0 saturated carbocycles. The molecule has 1 atom stereocenters. The molecular formula is C21H24ClN3O3S. The summed E-state index contributed by atoms with van der Waals surface area (Å²) < 4.78 is 5.08. The van der Waals surface area contributed by atoms with Crippen LogP contribution in [-0.4, -0.2) is 54.2 Å². The Balaban J connectivity index is 1.85.